The van der Waals surface area contributed by atoms with Gasteiger partial charge in [0.15, 0.2) is 0 Å². The Morgan fingerprint density at radius 1 is 1.08 bits per heavy atom. The van der Waals surface area contributed by atoms with Crippen LogP contribution in [0.1, 0.15) is 26.3 Å². The van der Waals surface area contributed by atoms with Crippen LogP contribution in [0.5, 0.6) is 5.75 Å². The molecule has 2 aromatic carbocycles. The Morgan fingerprint density at radius 3 is 2.29 bits per heavy atom. The molecule has 5 heteroatoms. The van der Waals surface area contributed by atoms with Gasteiger partial charge in [-0.25, -0.2) is 0 Å². The van der Waals surface area contributed by atoms with Crippen LogP contribution in [0.25, 0.3) is 0 Å². The van der Waals surface area contributed by atoms with Gasteiger partial charge in [-0.3, -0.25) is 0 Å². The number of aliphatic hydroxyl groups excluding tert-OH is 1. The van der Waals surface area contributed by atoms with E-state index in [2.05, 4.69) is 25.7 Å². The van der Waals surface area contributed by atoms with Crippen molar-refractivity contribution in [3.05, 3.63) is 54.1 Å². The standard InChI is InChI=1S/C19H26N2O2.ClH/c1-19(2,3)21(11-12-22)17-7-9-18(10-8-17)23-14-15-5-4-6-16(20)13-15;/h4-10,13,22H,11-12,14,20H2,1-3H3;1H. The zero-order chi connectivity index (χ0) is 16.9. The van der Waals surface area contributed by atoms with E-state index in [4.69, 9.17) is 10.5 Å². The molecule has 0 atom stereocenters. The van der Waals surface area contributed by atoms with Crippen molar-refractivity contribution in [3.63, 3.8) is 0 Å². The highest BCUT2D eigenvalue weighted by atomic mass is 35.5. The Morgan fingerprint density at radius 2 is 1.75 bits per heavy atom. The van der Waals surface area contributed by atoms with E-state index in [1.807, 2.05) is 48.5 Å². The van der Waals surface area contributed by atoms with E-state index in [0.29, 0.717) is 13.2 Å². The number of hydrogen-bond donors (Lipinski definition) is 2. The lowest BCUT2D eigenvalue weighted by Gasteiger charge is -2.37. The van der Waals surface area contributed by atoms with Crippen LogP contribution in [-0.4, -0.2) is 23.8 Å². The third-order valence-electron chi connectivity index (χ3n) is 3.64. The lowest BCUT2D eigenvalue weighted by Crippen LogP contribution is -2.43. The summed E-state index contributed by atoms with van der Waals surface area (Å²) in [6, 6.07) is 15.7. The number of aliphatic hydroxyl groups is 1. The molecule has 132 valence electrons. The van der Waals surface area contributed by atoms with Crippen molar-refractivity contribution in [2.24, 2.45) is 0 Å². The number of anilines is 2. The molecule has 0 aromatic heterocycles. The van der Waals surface area contributed by atoms with Crippen molar-refractivity contribution in [2.45, 2.75) is 32.9 Å². The predicted octanol–water partition coefficient (Wildman–Crippen LogP) is 3.87. The fraction of sp³-hybridized carbons (Fsp3) is 0.368. The molecule has 0 aliphatic rings. The smallest absolute Gasteiger partial charge is 0.119 e. The molecule has 0 heterocycles. The van der Waals surface area contributed by atoms with Crippen LogP contribution in [0.2, 0.25) is 0 Å². The Labute approximate surface area is 150 Å². The van der Waals surface area contributed by atoms with Crippen molar-refractivity contribution >= 4 is 23.8 Å². The van der Waals surface area contributed by atoms with E-state index in [9.17, 15) is 5.11 Å². The minimum atomic E-state index is -0.0489. The SMILES string of the molecule is CC(C)(C)N(CCO)c1ccc(OCc2cccc(N)c2)cc1.Cl. The summed E-state index contributed by atoms with van der Waals surface area (Å²) in [4.78, 5) is 2.18. The normalized spacial score (nSPS) is 10.8. The van der Waals surface area contributed by atoms with Crippen LogP contribution in [0, 0.1) is 0 Å². The predicted molar refractivity (Wildman–Crippen MR) is 103 cm³/mol. The van der Waals surface area contributed by atoms with Crippen molar-refractivity contribution < 1.29 is 9.84 Å². The van der Waals surface area contributed by atoms with Gasteiger partial charge in [-0.15, -0.1) is 12.4 Å². The number of halogens is 1. The molecule has 0 bridgehead atoms. The molecule has 2 rings (SSSR count). The summed E-state index contributed by atoms with van der Waals surface area (Å²) in [6.07, 6.45) is 0. The van der Waals surface area contributed by atoms with Gasteiger partial charge in [-0.2, -0.15) is 0 Å². The minimum absolute atomic E-state index is 0. The second-order valence-corrected chi connectivity index (χ2v) is 6.57. The highest BCUT2D eigenvalue weighted by molar-refractivity contribution is 5.85. The van der Waals surface area contributed by atoms with Gasteiger partial charge < -0.3 is 20.5 Å². The summed E-state index contributed by atoms with van der Waals surface area (Å²) < 4.78 is 5.80. The highest BCUT2D eigenvalue weighted by Gasteiger charge is 2.20. The van der Waals surface area contributed by atoms with Crippen molar-refractivity contribution in [1.82, 2.24) is 0 Å². The number of β-amino-alcohol motifs (C(OH)–C–C–N with tert-alkyl or cyclic N) is 1. The second-order valence-electron chi connectivity index (χ2n) is 6.57. The molecule has 0 saturated heterocycles. The first kappa shape index (κ1) is 20.1. The Bertz CT molecular complexity index is 624. The molecule has 0 unspecified atom stereocenters. The summed E-state index contributed by atoms with van der Waals surface area (Å²) in [5.74, 6) is 0.814. The van der Waals surface area contributed by atoms with E-state index in [0.717, 1.165) is 22.7 Å². The third kappa shape index (κ3) is 5.62. The molecule has 2 aromatic rings. The van der Waals surface area contributed by atoms with Crippen molar-refractivity contribution in [1.29, 1.82) is 0 Å². The van der Waals surface area contributed by atoms with Crippen LogP contribution in [-0.2, 0) is 6.61 Å². The molecular formula is C19H27ClN2O2. The molecule has 0 radical (unpaired) electrons. The first-order chi connectivity index (χ1) is 10.9. The number of ether oxygens (including phenoxy) is 1. The van der Waals surface area contributed by atoms with E-state index in [1.54, 1.807) is 0 Å². The molecule has 0 fully saturated rings. The number of hydrogen-bond acceptors (Lipinski definition) is 4. The topological polar surface area (TPSA) is 58.7 Å². The number of nitrogens with two attached hydrogens (primary N) is 1. The third-order valence-corrected chi connectivity index (χ3v) is 3.64. The first-order valence-corrected chi connectivity index (χ1v) is 7.86. The largest absolute Gasteiger partial charge is 0.489 e. The van der Waals surface area contributed by atoms with Crippen LogP contribution in [0.4, 0.5) is 11.4 Å². The zero-order valence-electron chi connectivity index (χ0n) is 14.5. The zero-order valence-corrected chi connectivity index (χ0v) is 15.3. The van der Waals surface area contributed by atoms with Gasteiger partial charge in [0.25, 0.3) is 0 Å². The monoisotopic (exact) mass is 350 g/mol. The van der Waals surface area contributed by atoms with E-state index < -0.39 is 0 Å². The average Bonchev–Trinajstić information content (AvgIpc) is 2.50. The van der Waals surface area contributed by atoms with Crippen LogP contribution < -0.4 is 15.4 Å². The van der Waals surface area contributed by atoms with E-state index >= 15 is 0 Å². The van der Waals surface area contributed by atoms with Crippen LogP contribution in [0.3, 0.4) is 0 Å². The Balaban J connectivity index is 0.00000288. The minimum Gasteiger partial charge on any atom is -0.489 e. The fourth-order valence-corrected chi connectivity index (χ4v) is 2.52. The van der Waals surface area contributed by atoms with Gasteiger partial charge in [-0.05, 0) is 62.7 Å². The number of nitrogen functional groups attached to an aromatic ring is 1. The number of nitrogens with zero attached hydrogens (tertiary/aromatic N) is 1. The lowest BCUT2D eigenvalue weighted by molar-refractivity contribution is 0.290. The highest BCUT2D eigenvalue weighted by Crippen LogP contribution is 2.26. The molecule has 0 amide bonds. The molecular weight excluding hydrogens is 324 g/mol. The maximum atomic E-state index is 9.27. The van der Waals surface area contributed by atoms with E-state index in [1.165, 1.54) is 0 Å². The van der Waals surface area contributed by atoms with Crippen molar-refractivity contribution in [2.75, 3.05) is 23.8 Å². The second kappa shape index (κ2) is 8.81. The van der Waals surface area contributed by atoms with Gasteiger partial charge in [-0.1, -0.05) is 12.1 Å². The molecule has 0 spiro atoms. The first-order valence-electron chi connectivity index (χ1n) is 7.86. The summed E-state index contributed by atoms with van der Waals surface area (Å²) in [5, 5.41) is 9.27. The number of rotatable bonds is 6. The van der Waals surface area contributed by atoms with Crippen molar-refractivity contribution in [3.8, 4) is 5.75 Å². The molecule has 24 heavy (non-hydrogen) atoms. The average molecular weight is 351 g/mol. The van der Waals surface area contributed by atoms with E-state index in [-0.39, 0.29) is 24.6 Å². The molecule has 0 aliphatic heterocycles. The van der Waals surface area contributed by atoms with Crippen LogP contribution in [0.15, 0.2) is 48.5 Å². The summed E-state index contributed by atoms with van der Waals surface area (Å²) in [7, 11) is 0. The Kier molecular flexibility index (Phi) is 7.39. The van der Waals surface area contributed by atoms with Gasteiger partial charge in [0, 0.05) is 23.5 Å². The summed E-state index contributed by atoms with van der Waals surface area (Å²) in [6.45, 7) is 7.62. The molecule has 0 aliphatic carbocycles. The van der Waals surface area contributed by atoms with Gasteiger partial charge in [0.2, 0.25) is 0 Å². The maximum Gasteiger partial charge on any atom is 0.119 e. The lowest BCUT2D eigenvalue weighted by atomic mass is 10.0. The van der Waals surface area contributed by atoms with Gasteiger partial charge >= 0.3 is 0 Å². The Hall–Kier alpha value is -1.91. The molecule has 4 nitrogen and oxygen atoms in total. The van der Waals surface area contributed by atoms with Crippen LogP contribution >= 0.6 is 12.4 Å². The summed E-state index contributed by atoms with van der Waals surface area (Å²) >= 11 is 0. The fourth-order valence-electron chi connectivity index (χ4n) is 2.52. The summed E-state index contributed by atoms with van der Waals surface area (Å²) in [5.41, 5.74) is 8.58. The quantitative estimate of drug-likeness (QED) is 0.776. The number of benzene rings is 2. The molecule has 3 N–H and O–H groups in total. The molecule has 0 saturated carbocycles. The maximum absolute atomic E-state index is 9.27. The van der Waals surface area contributed by atoms with Gasteiger partial charge in [0.05, 0.1) is 6.61 Å². The van der Waals surface area contributed by atoms with Gasteiger partial charge in [0.1, 0.15) is 12.4 Å².